The average molecular weight is 332 g/mol. The van der Waals surface area contributed by atoms with Gasteiger partial charge in [0.15, 0.2) is 0 Å². The Morgan fingerprint density at radius 2 is 2.16 bits per heavy atom. The molecule has 0 aliphatic carbocycles. The fourth-order valence-corrected chi connectivity index (χ4v) is 4.19. The molecule has 1 aromatic carbocycles. The van der Waals surface area contributed by atoms with Crippen LogP contribution < -0.4 is 10.2 Å². The molecule has 5 heteroatoms. The number of anilines is 1. The van der Waals surface area contributed by atoms with Crippen LogP contribution in [0.15, 0.2) is 42.7 Å². The predicted molar refractivity (Wildman–Crippen MR) is 98.6 cm³/mol. The molecule has 0 saturated carbocycles. The summed E-state index contributed by atoms with van der Waals surface area (Å²) in [4.78, 5) is 22.4. The first kappa shape index (κ1) is 14.7. The molecule has 4 heterocycles. The molecule has 2 N–H and O–H groups in total. The molecule has 25 heavy (non-hydrogen) atoms. The molecular weight excluding hydrogens is 312 g/mol. The molecule has 1 unspecified atom stereocenters. The van der Waals surface area contributed by atoms with E-state index >= 15 is 0 Å². The van der Waals surface area contributed by atoms with E-state index in [-0.39, 0.29) is 11.9 Å². The predicted octanol–water partition coefficient (Wildman–Crippen LogP) is 2.87. The highest BCUT2D eigenvalue weighted by atomic mass is 16.2. The SMILES string of the molecule is O=C(C1CCCN1)N1CCc2c(-c3ccnc4[nH]ccc34)cccc21. The van der Waals surface area contributed by atoms with Crippen molar-refractivity contribution in [1.29, 1.82) is 0 Å². The van der Waals surface area contributed by atoms with E-state index in [9.17, 15) is 4.79 Å². The van der Waals surface area contributed by atoms with E-state index < -0.39 is 0 Å². The Morgan fingerprint density at radius 3 is 3.04 bits per heavy atom. The van der Waals surface area contributed by atoms with Crippen LogP contribution in [0.5, 0.6) is 0 Å². The zero-order chi connectivity index (χ0) is 16.8. The molecule has 1 atom stereocenters. The number of carbonyl (C=O) groups is 1. The number of amides is 1. The number of nitrogens with zero attached hydrogens (tertiary/aromatic N) is 2. The van der Waals surface area contributed by atoms with Gasteiger partial charge in [0, 0.05) is 30.0 Å². The third-order valence-electron chi connectivity index (χ3n) is 5.40. The number of rotatable bonds is 2. The van der Waals surface area contributed by atoms with Gasteiger partial charge in [0.1, 0.15) is 5.65 Å². The molecule has 3 aromatic rings. The second-order valence-electron chi connectivity index (χ2n) is 6.79. The minimum Gasteiger partial charge on any atom is -0.346 e. The van der Waals surface area contributed by atoms with Crippen LogP contribution in [0.3, 0.4) is 0 Å². The van der Waals surface area contributed by atoms with E-state index in [4.69, 9.17) is 0 Å². The van der Waals surface area contributed by atoms with Gasteiger partial charge in [-0.05, 0) is 60.7 Å². The Morgan fingerprint density at radius 1 is 1.20 bits per heavy atom. The number of aromatic amines is 1. The lowest BCUT2D eigenvalue weighted by Crippen LogP contribution is -2.42. The molecule has 126 valence electrons. The number of pyridine rings is 1. The maximum Gasteiger partial charge on any atom is 0.244 e. The van der Waals surface area contributed by atoms with E-state index in [0.29, 0.717) is 0 Å². The van der Waals surface area contributed by atoms with E-state index in [1.54, 1.807) is 0 Å². The highest BCUT2D eigenvalue weighted by Gasteiger charge is 2.32. The summed E-state index contributed by atoms with van der Waals surface area (Å²) >= 11 is 0. The average Bonchev–Trinajstić information content (AvgIpc) is 3.40. The zero-order valence-electron chi connectivity index (χ0n) is 14.0. The lowest BCUT2D eigenvalue weighted by atomic mass is 9.96. The molecule has 0 spiro atoms. The van der Waals surface area contributed by atoms with Crippen molar-refractivity contribution in [3.63, 3.8) is 0 Å². The van der Waals surface area contributed by atoms with Crippen LogP contribution in [0, 0.1) is 0 Å². The van der Waals surface area contributed by atoms with Crippen molar-refractivity contribution in [2.24, 2.45) is 0 Å². The Hall–Kier alpha value is -2.66. The van der Waals surface area contributed by atoms with Crippen LogP contribution in [0.2, 0.25) is 0 Å². The van der Waals surface area contributed by atoms with Crippen molar-refractivity contribution in [3.8, 4) is 11.1 Å². The number of benzene rings is 1. The van der Waals surface area contributed by atoms with Crippen LogP contribution in [-0.2, 0) is 11.2 Å². The quantitative estimate of drug-likeness (QED) is 0.758. The fourth-order valence-electron chi connectivity index (χ4n) is 4.19. The Labute approximate surface area is 146 Å². The van der Waals surface area contributed by atoms with Crippen LogP contribution in [0.1, 0.15) is 18.4 Å². The summed E-state index contributed by atoms with van der Waals surface area (Å²) in [5.41, 5.74) is 5.62. The molecule has 0 bridgehead atoms. The van der Waals surface area contributed by atoms with E-state index in [1.165, 1.54) is 16.7 Å². The third kappa shape index (κ3) is 2.27. The lowest BCUT2D eigenvalue weighted by molar-refractivity contribution is -0.120. The number of fused-ring (bicyclic) bond motifs is 2. The number of aromatic nitrogens is 2. The fraction of sp³-hybridized carbons (Fsp3) is 0.300. The Bertz CT molecular complexity index is 955. The molecular formula is C20H20N4O. The topological polar surface area (TPSA) is 61.0 Å². The summed E-state index contributed by atoms with van der Waals surface area (Å²) in [6.07, 6.45) is 6.69. The van der Waals surface area contributed by atoms with Gasteiger partial charge in [-0.3, -0.25) is 4.79 Å². The second-order valence-corrected chi connectivity index (χ2v) is 6.79. The number of carbonyl (C=O) groups excluding carboxylic acids is 1. The standard InChI is InChI=1S/C20H20N4O/c25-20(17-4-2-9-21-17)24-12-8-15-13(3-1-5-18(15)24)14-6-10-22-19-16(14)7-11-23-19/h1,3,5-7,10-11,17,21H,2,4,8-9,12H2,(H,22,23). The molecule has 1 amide bonds. The molecule has 5 rings (SSSR count). The van der Waals surface area contributed by atoms with Gasteiger partial charge >= 0.3 is 0 Å². The van der Waals surface area contributed by atoms with Crippen LogP contribution in [-0.4, -0.2) is 35.0 Å². The number of hydrogen-bond donors (Lipinski definition) is 2. The minimum atomic E-state index is -0.0214. The summed E-state index contributed by atoms with van der Waals surface area (Å²) in [5, 5.41) is 4.45. The molecule has 0 radical (unpaired) electrons. The van der Waals surface area contributed by atoms with Gasteiger partial charge in [-0.25, -0.2) is 4.98 Å². The molecule has 5 nitrogen and oxygen atoms in total. The number of hydrogen-bond acceptors (Lipinski definition) is 3. The van der Waals surface area contributed by atoms with Gasteiger partial charge in [-0.1, -0.05) is 12.1 Å². The molecule has 2 aliphatic rings. The first-order chi connectivity index (χ1) is 12.3. The van der Waals surface area contributed by atoms with Gasteiger partial charge in [-0.15, -0.1) is 0 Å². The molecule has 2 aliphatic heterocycles. The highest BCUT2D eigenvalue weighted by molar-refractivity contribution is 6.02. The van der Waals surface area contributed by atoms with Gasteiger partial charge in [0.25, 0.3) is 0 Å². The van der Waals surface area contributed by atoms with Gasteiger partial charge in [-0.2, -0.15) is 0 Å². The Balaban J connectivity index is 1.59. The smallest absolute Gasteiger partial charge is 0.244 e. The monoisotopic (exact) mass is 332 g/mol. The van der Waals surface area contributed by atoms with Gasteiger partial charge in [0.2, 0.25) is 5.91 Å². The summed E-state index contributed by atoms with van der Waals surface area (Å²) in [5.74, 6) is 0.218. The summed E-state index contributed by atoms with van der Waals surface area (Å²) in [6, 6.07) is 10.4. The lowest BCUT2D eigenvalue weighted by Gasteiger charge is -2.21. The molecule has 2 aromatic heterocycles. The van der Waals surface area contributed by atoms with Crippen molar-refractivity contribution >= 4 is 22.6 Å². The van der Waals surface area contributed by atoms with Crippen LogP contribution in [0.25, 0.3) is 22.2 Å². The van der Waals surface area contributed by atoms with Crippen LogP contribution >= 0.6 is 0 Å². The third-order valence-corrected chi connectivity index (χ3v) is 5.40. The van der Waals surface area contributed by atoms with E-state index in [0.717, 1.165) is 49.1 Å². The second kappa shape index (κ2) is 5.70. The number of H-pyrrole nitrogens is 1. The zero-order valence-corrected chi connectivity index (χ0v) is 14.0. The van der Waals surface area contributed by atoms with Crippen molar-refractivity contribution < 1.29 is 4.79 Å². The summed E-state index contributed by atoms with van der Waals surface area (Å²) in [6.45, 7) is 1.71. The maximum atomic E-state index is 12.9. The van der Waals surface area contributed by atoms with E-state index in [1.807, 2.05) is 17.3 Å². The van der Waals surface area contributed by atoms with Crippen molar-refractivity contribution in [3.05, 3.63) is 48.3 Å². The van der Waals surface area contributed by atoms with Gasteiger partial charge in [0.05, 0.1) is 6.04 Å². The minimum absolute atomic E-state index is 0.0214. The number of nitrogens with one attached hydrogen (secondary N) is 2. The first-order valence-electron chi connectivity index (χ1n) is 8.92. The largest absolute Gasteiger partial charge is 0.346 e. The maximum absolute atomic E-state index is 12.9. The van der Waals surface area contributed by atoms with Crippen molar-refractivity contribution in [2.45, 2.75) is 25.3 Å². The van der Waals surface area contributed by atoms with Crippen LogP contribution in [0.4, 0.5) is 5.69 Å². The van der Waals surface area contributed by atoms with E-state index in [2.05, 4.69) is 45.6 Å². The molecule has 1 saturated heterocycles. The summed E-state index contributed by atoms with van der Waals surface area (Å²) in [7, 11) is 0. The normalized spacial score (nSPS) is 19.5. The summed E-state index contributed by atoms with van der Waals surface area (Å²) < 4.78 is 0. The highest BCUT2D eigenvalue weighted by Crippen LogP contribution is 2.38. The van der Waals surface area contributed by atoms with Crippen molar-refractivity contribution in [2.75, 3.05) is 18.0 Å². The van der Waals surface area contributed by atoms with Gasteiger partial charge < -0.3 is 15.2 Å². The Kier molecular flexibility index (Phi) is 3.35. The molecule has 1 fully saturated rings. The van der Waals surface area contributed by atoms with Crippen molar-refractivity contribution in [1.82, 2.24) is 15.3 Å². The first-order valence-corrected chi connectivity index (χ1v) is 8.92.